The Morgan fingerprint density at radius 2 is 2.05 bits per heavy atom. The van der Waals surface area contributed by atoms with Gasteiger partial charge < -0.3 is 19.9 Å². The molecule has 1 aromatic carbocycles. The molecule has 102 valence electrons. The van der Waals surface area contributed by atoms with Gasteiger partial charge in [0.05, 0.1) is 41.7 Å². The topological polar surface area (TPSA) is 95.6 Å². The summed E-state index contributed by atoms with van der Waals surface area (Å²) in [6.45, 7) is 1.43. The van der Waals surface area contributed by atoms with Crippen LogP contribution in [-0.2, 0) is 5.54 Å². The highest BCUT2D eigenvalue weighted by molar-refractivity contribution is 5.92. The average molecular weight is 264 g/mol. The summed E-state index contributed by atoms with van der Waals surface area (Å²) in [6, 6.07) is 4.60. The van der Waals surface area contributed by atoms with Gasteiger partial charge in [-0.1, -0.05) is 6.92 Å². The Balaban J connectivity index is 2.60. The number of fused-ring (bicyclic) bond motifs is 1. The molecule has 3 N–H and O–H groups in total. The molecule has 0 atom stereocenters. The molecule has 0 saturated carbocycles. The molecule has 1 aromatic heterocycles. The minimum atomic E-state index is -1.01. The number of aromatic carboxylic acids is 1. The molecule has 0 unspecified atom stereocenters. The fourth-order valence-corrected chi connectivity index (χ4v) is 2.12. The van der Waals surface area contributed by atoms with Crippen molar-refractivity contribution in [3.63, 3.8) is 0 Å². The molecule has 0 saturated heterocycles. The van der Waals surface area contributed by atoms with Gasteiger partial charge in [0.25, 0.3) is 0 Å². The first-order valence-electron chi connectivity index (χ1n) is 6.00. The zero-order chi connectivity index (χ0) is 14.0. The fraction of sp³-hybridized carbons (Fsp3) is 0.385. The lowest BCUT2D eigenvalue weighted by atomic mass is 9.98. The highest BCUT2D eigenvalue weighted by atomic mass is 16.4. The van der Waals surface area contributed by atoms with Crippen LogP contribution in [-0.4, -0.2) is 44.1 Å². The predicted octanol–water partition coefficient (Wildman–Crippen LogP) is 0.824. The molecule has 1 heterocycles. The van der Waals surface area contributed by atoms with E-state index in [-0.39, 0.29) is 18.8 Å². The van der Waals surface area contributed by atoms with Crippen LogP contribution in [0.25, 0.3) is 11.0 Å². The number of hydrogen-bond acceptors (Lipinski definition) is 4. The van der Waals surface area contributed by atoms with E-state index in [2.05, 4.69) is 4.98 Å². The van der Waals surface area contributed by atoms with E-state index in [1.165, 1.54) is 18.5 Å². The van der Waals surface area contributed by atoms with Gasteiger partial charge in [-0.25, -0.2) is 9.78 Å². The maximum Gasteiger partial charge on any atom is 0.335 e. The van der Waals surface area contributed by atoms with E-state index in [1.54, 1.807) is 10.6 Å². The van der Waals surface area contributed by atoms with E-state index in [0.29, 0.717) is 17.5 Å². The smallest absolute Gasteiger partial charge is 0.335 e. The van der Waals surface area contributed by atoms with Crippen molar-refractivity contribution in [2.24, 2.45) is 0 Å². The molecule has 6 heteroatoms. The number of imidazole rings is 1. The quantitative estimate of drug-likeness (QED) is 0.743. The van der Waals surface area contributed by atoms with Crippen LogP contribution in [0.3, 0.4) is 0 Å². The molecule has 0 fully saturated rings. The maximum absolute atomic E-state index is 10.9. The number of carboxylic acids is 1. The Labute approximate surface area is 109 Å². The Hall–Kier alpha value is -1.92. The SMILES string of the molecule is CCC(CO)(CO)n1cnc2cc(C(=O)O)ccc21. The molecule has 2 aromatic rings. The first kappa shape index (κ1) is 13.5. The Kier molecular flexibility index (Phi) is 3.55. The fourth-order valence-electron chi connectivity index (χ4n) is 2.12. The lowest BCUT2D eigenvalue weighted by Crippen LogP contribution is -2.40. The maximum atomic E-state index is 10.9. The van der Waals surface area contributed by atoms with Gasteiger partial charge in [0, 0.05) is 0 Å². The molecule has 0 aliphatic heterocycles. The minimum absolute atomic E-state index is 0.160. The Morgan fingerprint density at radius 3 is 2.58 bits per heavy atom. The third-order valence-corrected chi connectivity index (χ3v) is 3.55. The van der Waals surface area contributed by atoms with Gasteiger partial charge in [-0.05, 0) is 24.6 Å². The monoisotopic (exact) mass is 264 g/mol. The van der Waals surface area contributed by atoms with Gasteiger partial charge in [-0.15, -0.1) is 0 Å². The summed E-state index contributed by atoms with van der Waals surface area (Å²) < 4.78 is 1.70. The number of aliphatic hydroxyl groups excluding tert-OH is 2. The van der Waals surface area contributed by atoms with Crippen molar-refractivity contribution in [1.29, 1.82) is 0 Å². The number of nitrogens with zero attached hydrogens (tertiary/aromatic N) is 2. The average Bonchev–Trinajstić information content (AvgIpc) is 2.85. The molecule has 2 rings (SSSR count). The van der Waals surface area contributed by atoms with Crippen LogP contribution < -0.4 is 0 Å². The van der Waals surface area contributed by atoms with Crippen LogP contribution in [0.5, 0.6) is 0 Å². The second-order valence-corrected chi connectivity index (χ2v) is 4.52. The van der Waals surface area contributed by atoms with E-state index in [0.717, 1.165) is 0 Å². The Bertz CT molecular complexity index is 593. The molecule has 0 radical (unpaired) electrons. The molecule has 0 bridgehead atoms. The minimum Gasteiger partial charge on any atom is -0.478 e. The zero-order valence-electron chi connectivity index (χ0n) is 10.6. The zero-order valence-corrected chi connectivity index (χ0v) is 10.6. The molecular weight excluding hydrogens is 248 g/mol. The van der Waals surface area contributed by atoms with Crippen LogP contribution in [0.2, 0.25) is 0 Å². The third-order valence-electron chi connectivity index (χ3n) is 3.55. The summed E-state index contributed by atoms with van der Waals surface area (Å²) in [7, 11) is 0. The van der Waals surface area contributed by atoms with E-state index in [1.807, 2.05) is 6.92 Å². The lowest BCUT2D eigenvalue weighted by molar-refractivity contribution is 0.0628. The molecule has 0 spiro atoms. The van der Waals surface area contributed by atoms with E-state index in [9.17, 15) is 15.0 Å². The molecule has 0 aliphatic rings. The van der Waals surface area contributed by atoms with E-state index < -0.39 is 11.5 Å². The van der Waals surface area contributed by atoms with Crippen molar-refractivity contribution < 1.29 is 20.1 Å². The van der Waals surface area contributed by atoms with Crippen molar-refractivity contribution in [3.05, 3.63) is 30.1 Å². The van der Waals surface area contributed by atoms with Gasteiger partial charge in [0.15, 0.2) is 0 Å². The molecule has 0 aliphatic carbocycles. The van der Waals surface area contributed by atoms with Gasteiger partial charge in [0.1, 0.15) is 0 Å². The van der Waals surface area contributed by atoms with Crippen molar-refractivity contribution in [1.82, 2.24) is 9.55 Å². The van der Waals surface area contributed by atoms with Crippen LogP contribution >= 0.6 is 0 Å². The number of carbonyl (C=O) groups is 1. The summed E-state index contributed by atoms with van der Waals surface area (Å²) in [5, 5.41) is 28.0. The van der Waals surface area contributed by atoms with Crippen LogP contribution in [0.15, 0.2) is 24.5 Å². The molecule has 0 amide bonds. The summed E-state index contributed by atoms with van der Waals surface area (Å²) in [4.78, 5) is 15.1. The van der Waals surface area contributed by atoms with Gasteiger partial charge in [-0.3, -0.25) is 0 Å². The molecular formula is C13H16N2O4. The standard InChI is InChI=1S/C13H16N2O4/c1-2-13(6-16,7-17)15-8-14-10-5-9(12(18)19)3-4-11(10)15/h3-5,8,16-17H,2,6-7H2,1H3,(H,18,19). The first-order valence-corrected chi connectivity index (χ1v) is 6.00. The Morgan fingerprint density at radius 1 is 1.37 bits per heavy atom. The number of benzene rings is 1. The number of rotatable bonds is 5. The van der Waals surface area contributed by atoms with E-state index >= 15 is 0 Å². The van der Waals surface area contributed by atoms with Crippen molar-refractivity contribution in [2.45, 2.75) is 18.9 Å². The highest BCUT2D eigenvalue weighted by Crippen LogP contribution is 2.26. The second-order valence-electron chi connectivity index (χ2n) is 4.52. The number of hydrogen-bond donors (Lipinski definition) is 3. The third kappa shape index (κ3) is 2.09. The normalized spacial score (nSPS) is 11.9. The number of aromatic nitrogens is 2. The number of carboxylic acid groups (broad SMARTS) is 1. The van der Waals surface area contributed by atoms with Crippen molar-refractivity contribution in [3.8, 4) is 0 Å². The largest absolute Gasteiger partial charge is 0.478 e. The van der Waals surface area contributed by atoms with Crippen LogP contribution in [0.1, 0.15) is 23.7 Å². The van der Waals surface area contributed by atoms with Crippen molar-refractivity contribution >= 4 is 17.0 Å². The molecule has 6 nitrogen and oxygen atoms in total. The van der Waals surface area contributed by atoms with Crippen LogP contribution in [0.4, 0.5) is 0 Å². The van der Waals surface area contributed by atoms with Gasteiger partial charge in [-0.2, -0.15) is 0 Å². The van der Waals surface area contributed by atoms with Gasteiger partial charge in [0.2, 0.25) is 0 Å². The predicted molar refractivity (Wildman–Crippen MR) is 69.1 cm³/mol. The summed E-state index contributed by atoms with van der Waals surface area (Å²) in [6.07, 6.45) is 2.05. The lowest BCUT2D eigenvalue weighted by Gasteiger charge is -2.30. The summed E-state index contributed by atoms with van der Waals surface area (Å²) >= 11 is 0. The summed E-state index contributed by atoms with van der Waals surface area (Å²) in [5.74, 6) is -1.01. The van der Waals surface area contributed by atoms with Crippen molar-refractivity contribution in [2.75, 3.05) is 13.2 Å². The summed E-state index contributed by atoms with van der Waals surface area (Å²) in [5.41, 5.74) is 0.557. The van der Waals surface area contributed by atoms with Crippen LogP contribution in [0, 0.1) is 0 Å². The molecule has 19 heavy (non-hydrogen) atoms. The second kappa shape index (κ2) is 4.99. The van der Waals surface area contributed by atoms with E-state index in [4.69, 9.17) is 5.11 Å². The first-order chi connectivity index (χ1) is 9.07. The highest BCUT2D eigenvalue weighted by Gasteiger charge is 2.30. The van der Waals surface area contributed by atoms with Gasteiger partial charge >= 0.3 is 5.97 Å². The number of aliphatic hydroxyl groups is 2.